The Hall–Kier alpha value is -2.21. The molecule has 0 spiro atoms. The van der Waals surface area contributed by atoms with Gasteiger partial charge in [-0.15, -0.1) is 0 Å². The van der Waals surface area contributed by atoms with Gasteiger partial charge in [0.2, 0.25) is 0 Å². The third kappa shape index (κ3) is 2.25. The lowest BCUT2D eigenvalue weighted by Crippen LogP contribution is -2.31. The van der Waals surface area contributed by atoms with E-state index in [-0.39, 0.29) is 0 Å². The number of pyridine rings is 1. The lowest BCUT2D eigenvalue weighted by molar-refractivity contribution is 0.1000. The van der Waals surface area contributed by atoms with E-state index >= 15 is 0 Å². The summed E-state index contributed by atoms with van der Waals surface area (Å²) in [6.45, 7) is 3.96. The Morgan fingerprint density at radius 2 is 2.00 bits per heavy atom. The van der Waals surface area contributed by atoms with Crippen molar-refractivity contribution in [1.82, 2.24) is 15.0 Å². The molecule has 0 unspecified atom stereocenters. The number of hydrogen-bond donors (Lipinski definition) is 0. The molecule has 0 bridgehead atoms. The summed E-state index contributed by atoms with van der Waals surface area (Å²) in [6, 6.07) is 7.65. The lowest BCUT2D eigenvalue weighted by Gasteiger charge is -2.33. The Morgan fingerprint density at radius 1 is 1.17 bits per heavy atom. The van der Waals surface area contributed by atoms with Crippen molar-refractivity contribution < 1.29 is 9.47 Å². The van der Waals surface area contributed by atoms with Crippen molar-refractivity contribution in [3.63, 3.8) is 0 Å². The van der Waals surface area contributed by atoms with Crippen LogP contribution in [0.5, 0.6) is 11.5 Å². The van der Waals surface area contributed by atoms with Gasteiger partial charge in [0.15, 0.2) is 5.65 Å². The topological polar surface area (TPSA) is 57.1 Å². The minimum atomic E-state index is -0.593. The van der Waals surface area contributed by atoms with Crippen LogP contribution in [0.4, 0.5) is 0 Å². The van der Waals surface area contributed by atoms with Crippen molar-refractivity contribution in [2.75, 3.05) is 7.11 Å². The van der Waals surface area contributed by atoms with Crippen molar-refractivity contribution in [1.29, 1.82) is 0 Å². The number of nitrogens with zero attached hydrogens (tertiary/aromatic N) is 3. The van der Waals surface area contributed by atoms with Crippen LogP contribution in [0.15, 0.2) is 34.9 Å². The van der Waals surface area contributed by atoms with Gasteiger partial charge in [-0.05, 0) is 48.0 Å². The molecule has 6 heteroatoms. The maximum absolute atomic E-state index is 6.14. The number of ether oxygens (including phenoxy) is 2. The van der Waals surface area contributed by atoms with Crippen LogP contribution in [-0.2, 0) is 5.60 Å². The highest BCUT2D eigenvalue weighted by molar-refractivity contribution is 9.10. The molecule has 0 aliphatic carbocycles. The van der Waals surface area contributed by atoms with Crippen molar-refractivity contribution in [3.05, 3.63) is 40.6 Å². The van der Waals surface area contributed by atoms with Gasteiger partial charge in [-0.2, -0.15) is 0 Å². The van der Waals surface area contributed by atoms with E-state index in [2.05, 4.69) is 20.9 Å². The highest BCUT2D eigenvalue weighted by Gasteiger charge is 2.36. The number of hydrogen-bond acceptors (Lipinski definition) is 5. The minimum absolute atomic E-state index is 0.593. The molecule has 1 aliphatic heterocycles. The Kier molecular flexibility index (Phi) is 3.06. The highest BCUT2D eigenvalue weighted by Crippen LogP contribution is 2.45. The summed E-state index contributed by atoms with van der Waals surface area (Å²) in [5.41, 5.74) is 3.29. The van der Waals surface area contributed by atoms with Gasteiger partial charge in [0.1, 0.15) is 34.0 Å². The number of aromatic nitrogens is 3. The monoisotopic (exact) mass is 371 g/mol. The Bertz CT molecular complexity index is 941. The molecule has 0 amide bonds. The predicted octanol–water partition coefficient (Wildman–Crippen LogP) is 4.09. The minimum Gasteiger partial charge on any atom is -0.497 e. The van der Waals surface area contributed by atoms with Gasteiger partial charge < -0.3 is 9.47 Å². The van der Waals surface area contributed by atoms with E-state index in [1.54, 1.807) is 13.3 Å². The van der Waals surface area contributed by atoms with Gasteiger partial charge in [-0.3, -0.25) is 0 Å². The molecule has 0 fully saturated rings. The fourth-order valence-electron chi connectivity index (χ4n) is 2.76. The van der Waals surface area contributed by atoms with Crippen LogP contribution in [0.25, 0.3) is 22.4 Å². The summed E-state index contributed by atoms with van der Waals surface area (Å²) in [5, 5.41) is 0. The first kappa shape index (κ1) is 14.4. The fourth-order valence-corrected chi connectivity index (χ4v) is 3.08. The normalized spacial score (nSPS) is 14.8. The van der Waals surface area contributed by atoms with E-state index in [4.69, 9.17) is 19.4 Å². The second-order valence-corrected chi connectivity index (χ2v) is 6.81. The zero-order valence-corrected chi connectivity index (χ0v) is 14.5. The fraction of sp³-hybridized carbons (Fsp3) is 0.235. The molecule has 4 rings (SSSR count). The van der Waals surface area contributed by atoms with Crippen molar-refractivity contribution in [2.45, 2.75) is 19.4 Å². The second-order valence-electron chi connectivity index (χ2n) is 5.89. The molecule has 0 saturated carbocycles. The maximum Gasteiger partial charge on any atom is 0.178 e. The molecular formula is C17H14BrN3O2. The lowest BCUT2D eigenvalue weighted by atomic mass is 9.94. The van der Waals surface area contributed by atoms with E-state index in [0.717, 1.165) is 38.4 Å². The first-order valence-corrected chi connectivity index (χ1v) is 7.98. The van der Waals surface area contributed by atoms with E-state index in [1.165, 1.54) is 0 Å². The molecule has 2 aromatic heterocycles. The van der Waals surface area contributed by atoms with Gasteiger partial charge in [0.25, 0.3) is 0 Å². The van der Waals surface area contributed by atoms with E-state index in [1.807, 2.05) is 38.1 Å². The molecule has 0 saturated heterocycles. The SMILES string of the molecule is COc1ccc2c(c1)OC(C)(C)c1nc3ncc(Br)cc3nc1-2. The van der Waals surface area contributed by atoms with E-state index in [9.17, 15) is 0 Å². The Labute approximate surface area is 141 Å². The van der Waals surface area contributed by atoms with Crippen LogP contribution in [0, 0.1) is 0 Å². The molecule has 0 radical (unpaired) electrons. The number of fused-ring (bicyclic) bond motifs is 4. The van der Waals surface area contributed by atoms with Gasteiger partial charge in [0.05, 0.1) is 7.11 Å². The molecule has 0 atom stereocenters. The summed E-state index contributed by atoms with van der Waals surface area (Å²) < 4.78 is 12.3. The average molecular weight is 372 g/mol. The number of methoxy groups -OCH3 is 1. The zero-order valence-electron chi connectivity index (χ0n) is 12.9. The first-order valence-electron chi connectivity index (χ1n) is 7.19. The van der Waals surface area contributed by atoms with Crippen molar-refractivity contribution in [2.24, 2.45) is 0 Å². The molecule has 116 valence electrons. The van der Waals surface area contributed by atoms with E-state index in [0.29, 0.717) is 5.65 Å². The number of rotatable bonds is 1. The quantitative estimate of drug-likeness (QED) is 0.644. The van der Waals surface area contributed by atoms with Gasteiger partial charge in [-0.25, -0.2) is 15.0 Å². The first-order chi connectivity index (χ1) is 11.0. The largest absolute Gasteiger partial charge is 0.497 e. The van der Waals surface area contributed by atoms with Gasteiger partial charge in [-0.1, -0.05) is 0 Å². The van der Waals surface area contributed by atoms with Crippen molar-refractivity contribution in [3.8, 4) is 22.8 Å². The zero-order chi connectivity index (χ0) is 16.2. The molecule has 23 heavy (non-hydrogen) atoms. The van der Waals surface area contributed by atoms with Gasteiger partial charge in [0, 0.05) is 22.3 Å². The number of benzene rings is 1. The second kappa shape index (κ2) is 4.89. The molecular weight excluding hydrogens is 358 g/mol. The summed E-state index contributed by atoms with van der Waals surface area (Å²) in [5.74, 6) is 1.50. The smallest absolute Gasteiger partial charge is 0.178 e. The third-order valence-corrected chi connectivity index (χ3v) is 4.30. The summed E-state index contributed by atoms with van der Waals surface area (Å²) in [4.78, 5) is 13.8. The summed E-state index contributed by atoms with van der Waals surface area (Å²) in [7, 11) is 1.64. The summed E-state index contributed by atoms with van der Waals surface area (Å²) >= 11 is 3.43. The molecule has 1 aliphatic rings. The highest BCUT2D eigenvalue weighted by atomic mass is 79.9. The van der Waals surface area contributed by atoms with Crippen LogP contribution in [0.1, 0.15) is 19.5 Å². The number of halogens is 1. The Balaban J connectivity index is 2.04. The van der Waals surface area contributed by atoms with Crippen LogP contribution in [0.3, 0.4) is 0 Å². The molecule has 0 N–H and O–H groups in total. The molecule has 3 heterocycles. The van der Waals surface area contributed by atoms with Crippen LogP contribution < -0.4 is 9.47 Å². The Morgan fingerprint density at radius 3 is 2.78 bits per heavy atom. The third-order valence-electron chi connectivity index (χ3n) is 3.87. The van der Waals surface area contributed by atoms with Crippen LogP contribution in [0.2, 0.25) is 0 Å². The summed E-state index contributed by atoms with van der Waals surface area (Å²) in [6.07, 6.45) is 1.72. The van der Waals surface area contributed by atoms with Crippen LogP contribution >= 0.6 is 15.9 Å². The molecule has 5 nitrogen and oxygen atoms in total. The predicted molar refractivity (Wildman–Crippen MR) is 90.7 cm³/mol. The van der Waals surface area contributed by atoms with Crippen molar-refractivity contribution >= 4 is 27.1 Å². The van der Waals surface area contributed by atoms with Crippen LogP contribution in [-0.4, -0.2) is 22.1 Å². The van der Waals surface area contributed by atoms with Gasteiger partial charge >= 0.3 is 0 Å². The standard InChI is InChI=1S/C17H14BrN3O2/c1-17(2)15-14(11-5-4-10(22-3)7-13(11)23-17)20-12-6-9(18)8-19-16(12)21-15/h4-8H,1-3H3. The maximum atomic E-state index is 6.14. The molecule has 3 aromatic rings. The average Bonchev–Trinajstić information content (AvgIpc) is 2.52. The van der Waals surface area contributed by atoms with E-state index < -0.39 is 5.60 Å². The molecule has 1 aromatic carbocycles.